The lowest BCUT2D eigenvalue weighted by molar-refractivity contribution is 0.497. The molecule has 2 aromatic heterocycles. The zero-order chi connectivity index (χ0) is 11.4. The van der Waals surface area contributed by atoms with Crippen molar-refractivity contribution < 1.29 is 8.83 Å². The van der Waals surface area contributed by atoms with Crippen molar-refractivity contribution in [3.05, 3.63) is 53.8 Å². The molecule has 76 valence electrons. The highest BCUT2D eigenvalue weighted by atomic mass is 16.4. The fourth-order valence-corrected chi connectivity index (χ4v) is 1.59. The van der Waals surface area contributed by atoms with E-state index in [-0.39, 0.29) is 21.5 Å². The van der Waals surface area contributed by atoms with Gasteiger partial charge in [0, 0.05) is 0 Å². The normalized spacial score (nSPS) is 11.0. The van der Waals surface area contributed by atoms with Crippen molar-refractivity contribution in [2.75, 3.05) is 0 Å². The fraction of sp³-hybridized carbons (Fsp3) is 0. The van der Waals surface area contributed by atoms with E-state index in [1.54, 1.807) is 0 Å². The molecule has 0 unspecified atom stereocenters. The molecule has 3 aromatic rings. The SMILES string of the molecule is O=c1oc(=O)c2c1c#cc1c(=O)oc(=O)c12. The summed E-state index contributed by atoms with van der Waals surface area (Å²) in [7, 11) is 0. The third-order valence-corrected chi connectivity index (χ3v) is 2.25. The van der Waals surface area contributed by atoms with Gasteiger partial charge in [-0.05, 0) is 0 Å². The Balaban J connectivity index is 2.92. The van der Waals surface area contributed by atoms with E-state index in [0.29, 0.717) is 0 Å². The van der Waals surface area contributed by atoms with Crippen LogP contribution in [0.2, 0.25) is 0 Å². The van der Waals surface area contributed by atoms with Crippen LogP contribution < -0.4 is 22.5 Å². The highest BCUT2D eigenvalue weighted by molar-refractivity contribution is 6.04. The Hall–Kier alpha value is -2.68. The van der Waals surface area contributed by atoms with Crippen LogP contribution in [0.15, 0.2) is 28.0 Å². The van der Waals surface area contributed by atoms with Crippen molar-refractivity contribution >= 4 is 21.5 Å². The molecular formula is C10O6. The summed E-state index contributed by atoms with van der Waals surface area (Å²) in [6, 6.07) is 4.61. The molecule has 0 aliphatic rings. The van der Waals surface area contributed by atoms with Gasteiger partial charge in [0.2, 0.25) is 0 Å². The van der Waals surface area contributed by atoms with Gasteiger partial charge in [-0.25, -0.2) is 19.2 Å². The second-order valence-corrected chi connectivity index (χ2v) is 3.10. The Morgan fingerprint density at radius 3 is 1.38 bits per heavy atom. The van der Waals surface area contributed by atoms with Crippen LogP contribution in [0.25, 0.3) is 21.5 Å². The van der Waals surface area contributed by atoms with Gasteiger partial charge >= 0.3 is 22.5 Å². The van der Waals surface area contributed by atoms with Gasteiger partial charge in [0.1, 0.15) is 10.8 Å². The molecule has 0 fully saturated rings. The summed E-state index contributed by atoms with van der Waals surface area (Å²) in [6.45, 7) is 0. The van der Waals surface area contributed by atoms with Crippen molar-refractivity contribution in [2.45, 2.75) is 0 Å². The van der Waals surface area contributed by atoms with E-state index >= 15 is 0 Å². The number of hydrogen-bond acceptors (Lipinski definition) is 6. The van der Waals surface area contributed by atoms with Crippen molar-refractivity contribution in [3.8, 4) is 0 Å². The maximum absolute atomic E-state index is 11.3. The summed E-state index contributed by atoms with van der Waals surface area (Å²) in [6.07, 6.45) is 0. The van der Waals surface area contributed by atoms with Crippen molar-refractivity contribution in [1.82, 2.24) is 0 Å². The lowest BCUT2D eigenvalue weighted by Crippen LogP contribution is -1.98. The van der Waals surface area contributed by atoms with Gasteiger partial charge in [-0.3, -0.25) is 0 Å². The van der Waals surface area contributed by atoms with Crippen LogP contribution >= 0.6 is 0 Å². The van der Waals surface area contributed by atoms with Gasteiger partial charge in [0.25, 0.3) is 0 Å². The van der Waals surface area contributed by atoms with Gasteiger partial charge < -0.3 is 8.83 Å². The van der Waals surface area contributed by atoms with Crippen LogP contribution in [0.5, 0.6) is 0 Å². The third kappa shape index (κ3) is 0.821. The third-order valence-electron chi connectivity index (χ3n) is 2.25. The molecule has 6 heteroatoms. The van der Waals surface area contributed by atoms with Crippen LogP contribution in [0.1, 0.15) is 0 Å². The first-order chi connectivity index (χ1) is 7.59. The molecule has 0 atom stereocenters. The summed E-state index contributed by atoms with van der Waals surface area (Å²) >= 11 is 0. The van der Waals surface area contributed by atoms with Crippen LogP contribution in [0.4, 0.5) is 0 Å². The molecule has 2 heterocycles. The first kappa shape index (κ1) is 8.61. The largest absolute Gasteiger partial charge is 0.385 e. The van der Waals surface area contributed by atoms with E-state index < -0.39 is 22.5 Å². The Bertz CT molecular complexity index is 839. The van der Waals surface area contributed by atoms with E-state index in [1.807, 2.05) is 0 Å². The fourth-order valence-electron chi connectivity index (χ4n) is 1.59. The van der Waals surface area contributed by atoms with Crippen molar-refractivity contribution in [2.24, 2.45) is 0 Å². The summed E-state index contributed by atoms with van der Waals surface area (Å²) in [5.41, 5.74) is -3.78. The second-order valence-electron chi connectivity index (χ2n) is 3.10. The second kappa shape index (κ2) is 2.46. The molecule has 0 saturated carbocycles. The van der Waals surface area contributed by atoms with Gasteiger partial charge in [0.15, 0.2) is 0 Å². The summed E-state index contributed by atoms with van der Waals surface area (Å²) in [5, 5.41) is -0.935. The Kier molecular flexibility index (Phi) is 1.33. The number of hydrogen-bond donors (Lipinski definition) is 0. The quantitative estimate of drug-likeness (QED) is 0.483. The molecule has 0 N–H and O–H groups in total. The number of fused-ring (bicyclic) bond motifs is 3. The smallest absolute Gasteiger partial charge is 0.355 e. The molecule has 6 nitrogen and oxygen atoms in total. The summed E-state index contributed by atoms with van der Waals surface area (Å²) in [5.74, 6) is 0. The summed E-state index contributed by atoms with van der Waals surface area (Å²) < 4.78 is 8.58. The van der Waals surface area contributed by atoms with Crippen LogP contribution in [-0.4, -0.2) is 0 Å². The van der Waals surface area contributed by atoms with Crippen LogP contribution in [-0.2, 0) is 0 Å². The average Bonchev–Trinajstić information content (AvgIpc) is 2.67. The first-order valence-electron chi connectivity index (χ1n) is 4.13. The van der Waals surface area contributed by atoms with E-state index in [2.05, 4.69) is 21.0 Å². The maximum Gasteiger partial charge on any atom is 0.355 e. The minimum absolute atomic E-state index is 0.199. The number of furan rings is 2. The maximum atomic E-state index is 11.3. The number of rotatable bonds is 0. The lowest BCUT2D eigenvalue weighted by atomic mass is 10.1. The molecule has 0 aliphatic carbocycles. The topological polar surface area (TPSA) is 94.6 Å². The molecule has 3 rings (SSSR count). The van der Waals surface area contributed by atoms with E-state index in [1.165, 1.54) is 0 Å². The first-order valence-corrected chi connectivity index (χ1v) is 4.13. The zero-order valence-electron chi connectivity index (χ0n) is 7.45. The average molecular weight is 216 g/mol. The predicted octanol–water partition coefficient (Wildman–Crippen LogP) is -0.904. The molecule has 0 spiro atoms. The summed E-state index contributed by atoms with van der Waals surface area (Å²) in [4.78, 5) is 44.8. The molecule has 1 aromatic carbocycles. The Morgan fingerprint density at radius 1 is 0.625 bits per heavy atom. The molecule has 0 bridgehead atoms. The van der Waals surface area contributed by atoms with Gasteiger partial charge in [-0.15, -0.1) is 0 Å². The van der Waals surface area contributed by atoms with Gasteiger partial charge in [-0.1, -0.05) is 12.1 Å². The zero-order valence-corrected chi connectivity index (χ0v) is 7.45. The lowest BCUT2D eigenvalue weighted by Gasteiger charge is -1.78. The van der Waals surface area contributed by atoms with Crippen LogP contribution in [0, 0.1) is 12.1 Å². The van der Waals surface area contributed by atoms with Crippen molar-refractivity contribution in [3.63, 3.8) is 0 Å². The monoisotopic (exact) mass is 216 g/mol. The Morgan fingerprint density at radius 2 is 1.00 bits per heavy atom. The van der Waals surface area contributed by atoms with E-state index in [9.17, 15) is 19.2 Å². The minimum atomic E-state index is -0.979. The van der Waals surface area contributed by atoms with E-state index in [0.717, 1.165) is 0 Å². The molecular weight excluding hydrogens is 216 g/mol. The minimum Gasteiger partial charge on any atom is -0.385 e. The van der Waals surface area contributed by atoms with E-state index in [4.69, 9.17) is 0 Å². The highest BCUT2D eigenvalue weighted by Gasteiger charge is 2.18. The van der Waals surface area contributed by atoms with Gasteiger partial charge in [0.05, 0.1) is 10.8 Å². The molecule has 16 heavy (non-hydrogen) atoms. The highest BCUT2D eigenvalue weighted by Crippen LogP contribution is 2.11. The standard InChI is InChI=1S/C10O6/c11-7-3-1-2-4-6(5(3)9(13)15-7)10(14)16-8(4)12. The van der Waals surface area contributed by atoms with Gasteiger partial charge in [-0.2, -0.15) is 0 Å². The molecule has 0 saturated heterocycles. The molecule has 0 aliphatic heterocycles. The molecule has 0 radical (unpaired) electrons. The molecule has 0 amide bonds. The van der Waals surface area contributed by atoms with Crippen LogP contribution in [0.3, 0.4) is 0 Å². The Labute approximate surface area is 85.0 Å². The van der Waals surface area contributed by atoms with Crippen molar-refractivity contribution in [1.29, 1.82) is 0 Å². The predicted molar refractivity (Wildman–Crippen MR) is 51.1 cm³/mol.